The van der Waals surface area contributed by atoms with E-state index in [1.165, 1.54) is 122 Å². The summed E-state index contributed by atoms with van der Waals surface area (Å²) in [4.78, 5) is 48.8. The quantitative estimate of drug-likeness (QED) is 0.0197. The maximum Gasteiger partial charge on any atom is 0.472 e. The molecule has 11 nitrogen and oxygen atoms in total. The summed E-state index contributed by atoms with van der Waals surface area (Å²) in [6.07, 6.45) is 71.3. The van der Waals surface area contributed by atoms with Crippen molar-refractivity contribution in [3.05, 3.63) is 72.9 Å². The molecule has 0 aliphatic heterocycles. The molecule has 0 aromatic carbocycles. The number of esters is 3. The monoisotopic (exact) mass is 1140 g/mol. The highest BCUT2D eigenvalue weighted by molar-refractivity contribution is 7.47. The minimum Gasteiger partial charge on any atom is -0.462 e. The fourth-order valence-electron chi connectivity index (χ4n) is 9.08. The number of phosphoric ester groups is 1. The lowest BCUT2D eigenvalue weighted by molar-refractivity contribution is -0.161. The van der Waals surface area contributed by atoms with Crippen molar-refractivity contribution in [2.75, 3.05) is 26.4 Å². The van der Waals surface area contributed by atoms with Crippen molar-refractivity contribution in [3.63, 3.8) is 0 Å². The lowest BCUT2D eigenvalue weighted by atomic mass is 10.0. The molecule has 3 unspecified atom stereocenters. The van der Waals surface area contributed by atoms with Gasteiger partial charge in [0.1, 0.15) is 12.7 Å². The van der Waals surface area contributed by atoms with E-state index < -0.39 is 57.8 Å². The molecule has 0 saturated heterocycles. The van der Waals surface area contributed by atoms with Crippen LogP contribution in [0.3, 0.4) is 0 Å². The van der Waals surface area contributed by atoms with Crippen LogP contribution in [0.25, 0.3) is 0 Å². The Morgan fingerprint density at radius 1 is 0.350 bits per heavy atom. The zero-order valence-electron chi connectivity index (χ0n) is 51.5. The fraction of sp³-hybridized carbons (Fsp3) is 0.779. The normalized spacial score (nSPS) is 13.7. The van der Waals surface area contributed by atoms with Crippen molar-refractivity contribution in [3.8, 4) is 0 Å². The Morgan fingerprint density at radius 3 is 0.963 bits per heavy atom. The van der Waals surface area contributed by atoms with Crippen LogP contribution in [-0.2, 0) is 42.2 Å². The Balaban J connectivity index is 4.74. The summed E-state index contributed by atoms with van der Waals surface area (Å²) < 4.78 is 39.7. The van der Waals surface area contributed by atoms with Gasteiger partial charge in [0.2, 0.25) is 0 Å². The summed E-state index contributed by atoms with van der Waals surface area (Å²) in [5.41, 5.74) is 0. The number of aliphatic hydroxyl groups is 1. The van der Waals surface area contributed by atoms with Crippen LogP contribution in [0.2, 0.25) is 0 Å². The van der Waals surface area contributed by atoms with E-state index >= 15 is 0 Å². The van der Waals surface area contributed by atoms with Crippen LogP contribution in [0.4, 0.5) is 0 Å². The number of ether oxygens (including phenoxy) is 3. The molecule has 0 bridgehead atoms. The Bertz CT molecular complexity index is 1620. The van der Waals surface area contributed by atoms with Gasteiger partial charge in [-0.05, 0) is 96.3 Å². The van der Waals surface area contributed by atoms with Gasteiger partial charge < -0.3 is 24.2 Å². The van der Waals surface area contributed by atoms with Gasteiger partial charge in [-0.1, -0.05) is 261 Å². The second-order valence-electron chi connectivity index (χ2n) is 21.9. The maximum atomic E-state index is 13.0. The molecule has 0 aromatic rings. The zero-order chi connectivity index (χ0) is 58.3. The predicted octanol–water partition coefficient (Wildman–Crippen LogP) is 20.0. The van der Waals surface area contributed by atoms with E-state index in [-0.39, 0.29) is 25.9 Å². The maximum absolute atomic E-state index is 13.0. The Morgan fingerprint density at radius 2 is 0.613 bits per heavy atom. The second kappa shape index (κ2) is 62.0. The van der Waals surface area contributed by atoms with Gasteiger partial charge >= 0.3 is 25.7 Å². The third-order valence-corrected chi connectivity index (χ3v) is 15.1. The van der Waals surface area contributed by atoms with E-state index in [1.54, 1.807) is 0 Å². The van der Waals surface area contributed by atoms with Crippen molar-refractivity contribution >= 4 is 25.7 Å². The molecule has 0 fully saturated rings. The van der Waals surface area contributed by atoms with Crippen molar-refractivity contribution in [1.29, 1.82) is 0 Å². The first kappa shape index (κ1) is 76.9. The van der Waals surface area contributed by atoms with E-state index in [0.29, 0.717) is 19.3 Å². The summed E-state index contributed by atoms with van der Waals surface area (Å²) in [5, 5.41) is 9.85. The Hall–Kier alpha value is -3.08. The van der Waals surface area contributed by atoms with Crippen molar-refractivity contribution < 1.29 is 52.2 Å². The van der Waals surface area contributed by atoms with Gasteiger partial charge in [-0.3, -0.25) is 23.4 Å². The summed E-state index contributed by atoms with van der Waals surface area (Å²) in [5.74, 6) is -1.48. The Labute approximate surface area is 490 Å². The van der Waals surface area contributed by atoms with Crippen LogP contribution in [0.1, 0.15) is 303 Å². The molecule has 0 aromatic heterocycles. The molecule has 0 saturated carbocycles. The number of hydrogen-bond acceptors (Lipinski definition) is 10. The van der Waals surface area contributed by atoms with Crippen molar-refractivity contribution in [2.45, 2.75) is 315 Å². The van der Waals surface area contributed by atoms with Crippen LogP contribution >= 0.6 is 7.82 Å². The Kier molecular flexibility index (Phi) is 59.6. The molecule has 0 rings (SSSR count). The summed E-state index contributed by atoms with van der Waals surface area (Å²) in [6, 6.07) is 0. The highest BCUT2D eigenvalue weighted by Crippen LogP contribution is 2.43. The zero-order valence-corrected chi connectivity index (χ0v) is 52.4. The minimum absolute atomic E-state index is 0.149. The minimum atomic E-state index is -4.76. The first-order valence-electron chi connectivity index (χ1n) is 32.8. The number of phosphoric acid groups is 1. The van der Waals surface area contributed by atoms with Gasteiger partial charge in [0.15, 0.2) is 6.10 Å². The van der Waals surface area contributed by atoms with Gasteiger partial charge in [-0.25, -0.2) is 4.57 Å². The number of unbranched alkanes of at least 4 members (excludes halogenated alkanes) is 32. The number of aliphatic hydroxyl groups excluding tert-OH is 1. The molecule has 80 heavy (non-hydrogen) atoms. The van der Waals surface area contributed by atoms with Gasteiger partial charge in [-0.2, -0.15) is 0 Å². The van der Waals surface area contributed by atoms with E-state index in [9.17, 15) is 28.9 Å². The van der Waals surface area contributed by atoms with Crippen LogP contribution < -0.4 is 0 Å². The van der Waals surface area contributed by atoms with Gasteiger partial charge in [0.25, 0.3) is 0 Å². The molecule has 0 radical (unpaired) electrons. The lowest BCUT2D eigenvalue weighted by Crippen LogP contribution is -2.30. The molecule has 0 aliphatic rings. The fourth-order valence-corrected chi connectivity index (χ4v) is 9.86. The number of carbonyl (C=O) groups excluding carboxylic acids is 3. The molecule has 0 aliphatic carbocycles. The summed E-state index contributed by atoms with van der Waals surface area (Å²) >= 11 is 0. The lowest BCUT2D eigenvalue weighted by Gasteiger charge is -2.21. The molecule has 12 heteroatoms. The molecular formula is C68H121O11P. The highest BCUT2D eigenvalue weighted by atomic mass is 31.2. The second-order valence-corrected chi connectivity index (χ2v) is 23.4. The standard InChI is InChI=1S/C68H121O11P/c1-4-7-10-13-16-19-22-25-28-30-32-34-37-39-42-45-48-51-54-57-66(70)75-61-65(79-68(72)59-56-53-50-47-44-41-38-35-33-31-29-26-23-20-17-14-11-8-5-2)63-77-80(73,74)76-62-64(60-69)78-67(71)58-55-52-49-46-43-40-36-27-24-21-18-15-12-9-6-3/h16-17,19-20,25-26,28-29,32-35,64-65,69H,4-15,18,21-24,27,30-31,36-63H2,1-3H3,(H,73,74)/b19-16-,20-17-,28-25-,29-26-,34-32-,35-33-. The smallest absolute Gasteiger partial charge is 0.462 e. The van der Waals surface area contributed by atoms with Crippen LogP contribution in [-0.4, -0.2) is 66.5 Å². The van der Waals surface area contributed by atoms with Crippen molar-refractivity contribution in [2.24, 2.45) is 0 Å². The van der Waals surface area contributed by atoms with Crippen LogP contribution in [0.5, 0.6) is 0 Å². The average molecular weight is 1150 g/mol. The van der Waals surface area contributed by atoms with Gasteiger partial charge in [0.05, 0.1) is 19.8 Å². The molecular weight excluding hydrogens is 1020 g/mol. The first-order valence-corrected chi connectivity index (χ1v) is 34.3. The SMILES string of the molecule is CCCCC/C=C\C/C=C\C/C=C\CCCCCCCCC(=O)OCC(COP(=O)(O)OCC(CO)OC(=O)CCCCCCCCCCCCCCCCC)OC(=O)CCCCCCCC/C=C\C/C=C\C/C=C\CCCCC. The van der Waals surface area contributed by atoms with Gasteiger partial charge in [0, 0.05) is 19.3 Å². The van der Waals surface area contributed by atoms with E-state index in [2.05, 4.69) is 93.7 Å². The number of allylic oxidation sites excluding steroid dienone is 12. The molecule has 0 amide bonds. The van der Waals surface area contributed by atoms with Crippen molar-refractivity contribution in [1.82, 2.24) is 0 Å². The molecule has 3 atom stereocenters. The van der Waals surface area contributed by atoms with E-state index in [0.717, 1.165) is 122 Å². The molecule has 0 heterocycles. The third kappa shape index (κ3) is 59.5. The number of hydrogen-bond donors (Lipinski definition) is 2. The predicted molar refractivity (Wildman–Crippen MR) is 335 cm³/mol. The van der Waals surface area contributed by atoms with Crippen LogP contribution in [0.15, 0.2) is 72.9 Å². The summed E-state index contributed by atoms with van der Waals surface area (Å²) in [7, 11) is -4.76. The molecule has 464 valence electrons. The third-order valence-electron chi connectivity index (χ3n) is 14.1. The molecule has 0 spiro atoms. The number of rotatable bonds is 61. The van der Waals surface area contributed by atoms with E-state index in [4.69, 9.17) is 23.3 Å². The first-order chi connectivity index (χ1) is 39.2. The van der Waals surface area contributed by atoms with E-state index in [1.807, 2.05) is 0 Å². The topological polar surface area (TPSA) is 155 Å². The molecule has 2 N–H and O–H groups in total. The largest absolute Gasteiger partial charge is 0.472 e. The number of carbonyl (C=O) groups is 3. The van der Waals surface area contributed by atoms with Crippen LogP contribution in [0, 0.1) is 0 Å². The summed E-state index contributed by atoms with van der Waals surface area (Å²) in [6.45, 7) is 4.61. The average Bonchev–Trinajstić information content (AvgIpc) is 3.45. The van der Waals surface area contributed by atoms with Gasteiger partial charge in [-0.15, -0.1) is 0 Å². The highest BCUT2D eigenvalue weighted by Gasteiger charge is 2.28.